The number of amides is 2. The van der Waals surface area contributed by atoms with Gasteiger partial charge in [-0.05, 0) is 69.7 Å². The highest BCUT2D eigenvalue weighted by Crippen LogP contribution is 2.27. The average molecular weight is 357 g/mol. The van der Waals surface area contributed by atoms with Gasteiger partial charge in [0.05, 0.1) is 0 Å². The minimum atomic E-state index is -0.578. The summed E-state index contributed by atoms with van der Waals surface area (Å²) in [5.41, 5.74) is 2.66. The van der Waals surface area contributed by atoms with Crippen molar-refractivity contribution in [2.24, 2.45) is 5.92 Å². The van der Waals surface area contributed by atoms with Gasteiger partial charge in [-0.1, -0.05) is 31.0 Å². The van der Waals surface area contributed by atoms with Crippen LogP contribution in [0.2, 0.25) is 0 Å². The highest BCUT2D eigenvalue weighted by Gasteiger charge is 2.27. The predicted molar refractivity (Wildman–Crippen MR) is 104 cm³/mol. The standard InChI is InChI=1S/C21H31N3O2/c1-15-6-5-7-16(2)19(15)23-21(26)20(25)22-14-17-10-12-24(13-11-17)18-8-3-4-9-18/h5-7,17-18H,3-4,8-14H2,1-2H3,(H,22,25)(H,23,26). The maximum Gasteiger partial charge on any atom is 0.313 e. The van der Waals surface area contributed by atoms with Gasteiger partial charge in [-0.3, -0.25) is 9.59 Å². The first-order valence-corrected chi connectivity index (χ1v) is 9.94. The molecule has 2 N–H and O–H groups in total. The molecule has 2 fully saturated rings. The molecule has 0 spiro atoms. The molecule has 0 bridgehead atoms. The molecular weight excluding hydrogens is 326 g/mol. The Kier molecular flexibility index (Phi) is 6.30. The maximum atomic E-state index is 12.2. The van der Waals surface area contributed by atoms with E-state index in [4.69, 9.17) is 0 Å². The van der Waals surface area contributed by atoms with Crippen LogP contribution in [-0.2, 0) is 9.59 Å². The lowest BCUT2D eigenvalue weighted by Gasteiger charge is -2.36. The van der Waals surface area contributed by atoms with Crippen molar-refractivity contribution in [1.29, 1.82) is 0 Å². The molecule has 1 aromatic carbocycles. The molecule has 1 aliphatic carbocycles. The van der Waals surface area contributed by atoms with Crippen molar-refractivity contribution in [3.05, 3.63) is 29.3 Å². The summed E-state index contributed by atoms with van der Waals surface area (Å²) >= 11 is 0. The normalized spacial score (nSPS) is 19.5. The molecule has 2 aliphatic rings. The van der Waals surface area contributed by atoms with Crippen molar-refractivity contribution in [3.63, 3.8) is 0 Å². The Hall–Kier alpha value is -1.88. The topological polar surface area (TPSA) is 61.4 Å². The number of carbonyl (C=O) groups excluding carboxylic acids is 2. The van der Waals surface area contributed by atoms with Crippen molar-refractivity contribution >= 4 is 17.5 Å². The van der Waals surface area contributed by atoms with Crippen molar-refractivity contribution in [3.8, 4) is 0 Å². The lowest BCUT2D eigenvalue weighted by Crippen LogP contribution is -2.44. The molecule has 5 nitrogen and oxygen atoms in total. The number of carbonyl (C=O) groups is 2. The third-order valence-corrected chi connectivity index (χ3v) is 5.97. The van der Waals surface area contributed by atoms with Gasteiger partial charge in [-0.2, -0.15) is 0 Å². The Labute approximate surface area is 156 Å². The SMILES string of the molecule is Cc1cccc(C)c1NC(=O)C(=O)NCC1CCN(C2CCCC2)CC1. The number of benzene rings is 1. The highest BCUT2D eigenvalue weighted by molar-refractivity contribution is 6.39. The summed E-state index contributed by atoms with van der Waals surface area (Å²) < 4.78 is 0. The summed E-state index contributed by atoms with van der Waals surface area (Å²) in [6, 6.07) is 6.59. The van der Waals surface area contributed by atoms with Crippen LogP contribution in [0.3, 0.4) is 0 Å². The zero-order valence-electron chi connectivity index (χ0n) is 16.0. The van der Waals surface area contributed by atoms with Gasteiger partial charge in [-0.15, -0.1) is 0 Å². The lowest BCUT2D eigenvalue weighted by molar-refractivity contribution is -0.136. The number of para-hydroxylation sites is 1. The van der Waals surface area contributed by atoms with Crippen LogP contribution in [0.1, 0.15) is 49.7 Å². The van der Waals surface area contributed by atoms with Gasteiger partial charge in [-0.25, -0.2) is 0 Å². The summed E-state index contributed by atoms with van der Waals surface area (Å²) in [7, 11) is 0. The fraction of sp³-hybridized carbons (Fsp3) is 0.619. The third-order valence-electron chi connectivity index (χ3n) is 5.97. The Morgan fingerprint density at radius 1 is 1.00 bits per heavy atom. The molecule has 1 saturated heterocycles. The van der Waals surface area contributed by atoms with Gasteiger partial charge in [0, 0.05) is 18.3 Å². The molecule has 0 aromatic heterocycles. The molecule has 3 rings (SSSR count). The average Bonchev–Trinajstić information content (AvgIpc) is 3.18. The van der Waals surface area contributed by atoms with Gasteiger partial charge in [0.1, 0.15) is 0 Å². The second kappa shape index (κ2) is 8.67. The van der Waals surface area contributed by atoms with E-state index >= 15 is 0 Å². The van der Waals surface area contributed by atoms with Crippen LogP contribution in [0.4, 0.5) is 5.69 Å². The van der Waals surface area contributed by atoms with E-state index in [2.05, 4.69) is 15.5 Å². The molecule has 26 heavy (non-hydrogen) atoms. The zero-order valence-corrected chi connectivity index (χ0v) is 16.0. The first-order valence-electron chi connectivity index (χ1n) is 9.94. The van der Waals surface area contributed by atoms with Gasteiger partial charge in [0.15, 0.2) is 0 Å². The number of likely N-dealkylation sites (tertiary alicyclic amines) is 1. The number of rotatable bonds is 4. The highest BCUT2D eigenvalue weighted by atomic mass is 16.2. The fourth-order valence-corrected chi connectivity index (χ4v) is 4.29. The number of nitrogens with zero attached hydrogens (tertiary/aromatic N) is 1. The van der Waals surface area contributed by atoms with E-state index in [1.807, 2.05) is 32.0 Å². The molecule has 0 unspecified atom stereocenters. The van der Waals surface area contributed by atoms with E-state index in [1.54, 1.807) is 0 Å². The van der Waals surface area contributed by atoms with Crippen molar-refractivity contribution in [1.82, 2.24) is 10.2 Å². The molecule has 1 aromatic rings. The molecule has 5 heteroatoms. The second-order valence-electron chi connectivity index (χ2n) is 7.85. The predicted octanol–water partition coefficient (Wildman–Crippen LogP) is 3.01. The molecule has 0 radical (unpaired) electrons. The van der Waals surface area contributed by atoms with Crippen molar-refractivity contribution < 1.29 is 9.59 Å². The first-order chi connectivity index (χ1) is 12.5. The lowest BCUT2D eigenvalue weighted by atomic mass is 9.95. The molecule has 1 heterocycles. The van der Waals surface area contributed by atoms with E-state index in [1.165, 1.54) is 25.7 Å². The zero-order chi connectivity index (χ0) is 18.5. The van der Waals surface area contributed by atoms with Gasteiger partial charge in [0.2, 0.25) is 0 Å². The Morgan fingerprint density at radius 3 is 2.23 bits per heavy atom. The molecule has 0 atom stereocenters. The largest absolute Gasteiger partial charge is 0.348 e. The Bertz CT molecular complexity index is 624. The van der Waals surface area contributed by atoms with E-state index in [9.17, 15) is 9.59 Å². The first kappa shape index (κ1) is 18.9. The second-order valence-corrected chi connectivity index (χ2v) is 7.85. The Balaban J connectivity index is 1.42. The summed E-state index contributed by atoms with van der Waals surface area (Å²) in [5, 5.41) is 5.58. The van der Waals surface area contributed by atoms with Gasteiger partial charge in [0.25, 0.3) is 0 Å². The molecule has 1 saturated carbocycles. The van der Waals surface area contributed by atoms with Crippen LogP contribution in [0, 0.1) is 19.8 Å². The molecule has 1 aliphatic heterocycles. The van der Waals surface area contributed by atoms with Crippen LogP contribution in [0.5, 0.6) is 0 Å². The minimum Gasteiger partial charge on any atom is -0.348 e. The monoisotopic (exact) mass is 357 g/mol. The maximum absolute atomic E-state index is 12.2. The van der Waals surface area contributed by atoms with E-state index in [-0.39, 0.29) is 0 Å². The third kappa shape index (κ3) is 4.64. The molecular formula is C21H31N3O2. The summed E-state index contributed by atoms with van der Waals surface area (Å²) in [4.78, 5) is 27.0. The van der Waals surface area contributed by atoms with Crippen LogP contribution < -0.4 is 10.6 Å². The number of hydrogen-bond acceptors (Lipinski definition) is 3. The van der Waals surface area contributed by atoms with Crippen molar-refractivity contribution in [2.75, 3.05) is 25.0 Å². The number of anilines is 1. The van der Waals surface area contributed by atoms with Crippen LogP contribution in [0.15, 0.2) is 18.2 Å². The van der Waals surface area contributed by atoms with Crippen molar-refractivity contribution in [2.45, 2.75) is 58.4 Å². The Morgan fingerprint density at radius 2 is 1.62 bits per heavy atom. The number of aryl methyl sites for hydroxylation is 2. The van der Waals surface area contributed by atoms with E-state index in [0.717, 1.165) is 48.8 Å². The summed E-state index contributed by atoms with van der Waals surface area (Å²) in [5.74, 6) is -0.638. The number of hydrogen-bond donors (Lipinski definition) is 2. The molecule has 142 valence electrons. The van der Waals surface area contributed by atoms with Gasteiger partial charge < -0.3 is 15.5 Å². The van der Waals surface area contributed by atoms with Crippen LogP contribution in [0.25, 0.3) is 0 Å². The smallest absolute Gasteiger partial charge is 0.313 e. The molecule has 2 amide bonds. The van der Waals surface area contributed by atoms with E-state index < -0.39 is 11.8 Å². The van der Waals surface area contributed by atoms with E-state index in [0.29, 0.717) is 12.5 Å². The van der Waals surface area contributed by atoms with Gasteiger partial charge >= 0.3 is 11.8 Å². The number of nitrogens with one attached hydrogen (secondary N) is 2. The van der Waals surface area contributed by atoms with Crippen LogP contribution in [-0.4, -0.2) is 42.4 Å². The van der Waals surface area contributed by atoms with Crippen LogP contribution >= 0.6 is 0 Å². The summed E-state index contributed by atoms with van der Waals surface area (Å²) in [6.07, 6.45) is 7.65. The summed E-state index contributed by atoms with van der Waals surface area (Å²) in [6.45, 7) is 6.70. The quantitative estimate of drug-likeness (QED) is 0.815. The fourth-order valence-electron chi connectivity index (χ4n) is 4.29. The minimum absolute atomic E-state index is 0.476. The number of piperidine rings is 1.